The van der Waals surface area contributed by atoms with E-state index in [0.717, 1.165) is 27.6 Å². The van der Waals surface area contributed by atoms with Gasteiger partial charge in [-0.05, 0) is 99.6 Å². The van der Waals surface area contributed by atoms with Gasteiger partial charge in [0.2, 0.25) is 0 Å². The molecule has 3 aromatic heterocycles. The second kappa shape index (κ2) is 13.2. The van der Waals surface area contributed by atoms with Crippen LogP contribution in [-0.2, 0) is 0 Å². The van der Waals surface area contributed by atoms with Crippen LogP contribution < -0.4 is 0 Å². The van der Waals surface area contributed by atoms with Crippen LogP contribution in [-0.4, -0.2) is 4.57 Å². The van der Waals surface area contributed by atoms with Gasteiger partial charge in [0.15, 0.2) is 0 Å². The number of hydrogen-bond donors (Lipinski definition) is 0. The molecule has 272 valence electrons. The number of rotatable bonds is 6. The van der Waals surface area contributed by atoms with Gasteiger partial charge in [-0.1, -0.05) is 146 Å². The van der Waals surface area contributed by atoms with E-state index in [2.05, 4.69) is 205 Å². The molecule has 0 radical (unpaired) electrons. The molecule has 1 unspecified atom stereocenters. The van der Waals surface area contributed by atoms with Crippen molar-refractivity contribution in [2.45, 2.75) is 5.92 Å². The van der Waals surface area contributed by atoms with E-state index in [9.17, 15) is 0 Å². The minimum Gasteiger partial charge on any atom is -0.456 e. The third-order valence-corrected chi connectivity index (χ3v) is 13.1. The van der Waals surface area contributed by atoms with Gasteiger partial charge in [0.1, 0.15) is 11.2 Å². The summed E-state index contributed by atoms with van der Waals surface area (Å²) in [6.45, 7) is 0. The molecule has 9 aromatic carbocycles. The van der Waals surface area contributed by atoms with Gasteiger partial charge in [0, 0.05) is 53.3 Å². The lowest BCUT2D eigenvalue weighted by Crippen LogP contribution is -2.07. The molecule has 0 saturated heterocycles. The second-order valence-corrected chi connectivity index (χ2v) is 16.3. The molecule has 0 N–H and O–H groups in total. The van der Waals surface area contributed by atoms with Crippen molar-refractivity contribution in [1.29, 1.82) is 0 Å². The maximum absolute atomic E-state index is 6.39. The Bertz CT molecular complexity index is 3520. The van der Waals surface area contributed by atoms with Crippen LogP contribution in [0.25, 0.3) is 91.9 Å². The van der Waals surface area contributed by atoms with Crippen LogP contribution in [0.4, 0.5) is 0 Å². The number of hydrogen-bond acceptors (Lipinski definition) is 2. The van der Waals surface area contributed by atoms with Gasteiger partial charge in [-0.3, -0.25) is 0 Å². The summed E-state index contributed by atoms with van der Waals surface area (Å²) in [4.78, 5) is 0. The summed E-state index contributed by atoms with van der Waals surface area (Å²) < 4.78 is 11.4. The van der Waals surface area contributed by atoms with Gasteiger partial charge >= 0.3 is 0 Å². The molecule has 0 aliphatic heterocycles. The molecular weight excluding hydrogens is 723 g/mol. The van der Waals surface area contributed by atoms with Crippen LogP contribution >= 0.6 is 11.3 Å². The summed E-state index contributed by atoms with van der Waals surface area (Å²) in [5.74, 6) is -0.113. The average molecular weight is 758 g/mol. The fourth-order valence-electron chi connectivity index (χ4n) is 9.37. The molecule has 2 nitrogen and oxygen atoms in total. The lowest BCUT2D eigenvalue weighted by atomic mass is 9.78. The van der Waals surface area contributed by atoms with E-state index in [0.29, 0.717) is 0 Å². The Hall–Kier alpha value is -7.20. The topological polar surface area (TPSA) is 18.1 Å². The standard InChI is InChI=1S/C55H35NOS/c1-3-14-35(15-4-1)40-21-13-22-45(55(40)37-28-31-53-47(33-37)44-20-9-12-25-52(44)58-53)54(36-27-30-51-46(32-36)43-19-8-11-24-50(43)57-51)38-26-29-42-41-18-7-10-23-48(41)56(49(42)34-38)39-16-5-2-6-17-39/h1-34,54H. The highest BCUT2D eigenvalue weighted by atomic mass is 32.1. The molecule has 12 rings (SSSR count). The highest BCUT2D eigenvalue weighted by Gasteiger charge is 2.26. The van der Waals surface area contributed by atoms with Crippen LogP contribution in [0.5, 0.6) is 0 Å². The van der Waals surface area contributed by atoms with Crippen molar-refractivity contribution < 1.29 is 4.42 Å². The van der Waals surface area contributed by atoms with Crippen molar-refractivity contribution in [1.82, 2.24) is 4.57 Å². The largest absolute Gasteiger partial charge is 0.456 e. The normalized spacial score (nSPS) is 12.4. The second-order valence-electron chi connectivity index (χ2n) is 15.2. The Morgan fingerprint density at radius 3 is 1.95 bits per heavy atom. The van der Waals surface area contributed by atoms with E-state index in [1.165, 1.54) is 80.9 Å². The maximum atomic E-state index is 6.39. The number of aromatic nitrogens is 1. The Morgan fingerprint density at radius 1 is 0.397 bits per heavy atom. The molecule has 0 saturated carbocycles. The van der Waals surface area contributed by atoms with Crippen LogP contribution in [0, 0.1) is 0 Å². The number of thiophene rings is 1. The third kappa shape index (κ3) is 5.17. The summed E-state index contributed by atoms with van der Waals surface area (Å²) in [5, 5.41) is 7.35. The van der Waals surface area contributed by atoms with Crippen molar-refractivity contribution in [2.24, 2.45) is 0 Å². The smallest absolute Gasteiger partial charge is 0.135 e. The van der Waals surface area contributed by atoms with Crippen LogP contribution in [0.15, 0.2) is 211 Å². The van der Waals surface area contributed by atoms with E-state index in [4.69, 9.17) is 4.42 Å². The van der Waals surface area contributed by atoms with Gasteiger partial charge < -0.3 is 8.98 Å². The molecule has 0 amide bonds. The molecule has 0 bridgehead atoms. The molecule has 58 heavy (non-hydrogen) atoms. The van der Waals surface area contributed by atoms with Crippen LogP contribution in [0.1, 0.15) is 22.6 Å². The van der Waals surface area contributed by atoms with Crippen molar-refractivity contribution in [2.75, 3.05) is 0 Å². The predicted molar refractivity (Wildman–Crippen MR) is 246 cm³/mol. The predicted octanol–water partition coefficient (Wildman–Crippen LogP) is 15.6. The highest BCUT2D eigenvalue weighted by Crippen LogP contribution is 2.47. The quantitative estimate of drug-likeness (QED) is 0.155. The van der Waals surface area contributed by atoms with E-state index in [1.54, 1.807) is 0 Å². The molecular formula is C55H35NOS. The highest BCUT2D eigenvalue weighted by molar-refractivity contribution is 7.25. The SMILES string of the molecule is c1ccc(-c2cccc(C(c3ccc4oc5ccccc5c4c3)c3ccc4c5ccccc5n(-c5ccccc5)c4c3)c2-c2ccc3sc4ccccc4c3c2)cc1. The number of nitrogens with zero attached hydrogens (tertiary/aromatic N) is 1. The lowest BCUT2D eigenvalue weighted by molar-refractivity contribution is 0.668. The van der Waals surface area contributed by atoms with Crippen LogP contribution in [0.2, 0.25) is 0 Å². The monoisotopic (exact) mass is 757 g/mol. The first-order valence-corrected chi connectivity index (χ1v) is 20.7. The fraction of sp³-hybridized carbons (Fsp3) is 0.0182. The summed E-state index contributed by atoms with van der Waals surface area (Å²) in [6.07, 6.45) is 0. The molecule has 0 spiro atoms. The first-order valence-electron chi connectivity index (χ1n) is 19.9. The lowest BCUT2D eigenvalue weighted by Gasteiger charge is -2.25. The van der Waals surface area contributed by atoms with Crippen molar-refractivity contribution >= 4 is 75.3 Å². The molecule has 3 heterocycles. The minimum atomic E-state index is -0.113. The van der Waals surface area contributed by atoms with Gasteiger partial charge in [0.25, 0.3) is 0 Å². The Morgan fingerprint density at radius 2 is 1.07 bits per heavy atom. The third-order valence-electron chi connectivity index (χ3n) is 11.9. The number of fused-ring (bicyclic) bond motifs is 9. The van der Waals surface area contributed by atoms with E-state index in [-0.39, 0.29) is 5.92 Å². The van der Waals surface area contributed by atoms with E-state index >= 15 is 0 Å². The Balaban J connectivity index is 1.18. The molecule has 0 aliphatic carbocycles. The molecule has 0 fully saturated rings. The molecule has 0 aliphatic rings. The summed E-state index contributed by atoms with van der Waals surface area (Å²) in [6, 6.07) is 75.5. The number of benzene rings is 9. The number of para-hydroxylation sites is 3. The van der Waals surface area contributed by atoms with Gasteiger partial charge in [0.05, 0.1) is 11.0 Å². The molecule has 3 heteroatoms. The van der Waals surface area contributed by atoms with E-state index < -0.39 is 0 Å². The first kappa shape index (κ1) is 33.0. The fourth-order valence-corrected chi connectivity index (χ4v) is 10.5. The minimum absolute atomic E-state index is 0.113. The van der Waals surface area contributed by atoms with E-state index in [1.807, 2.05) is 17.4 Å². The first-order chi connectivity index (χ1) is 28.8. The van der Waals surface area contributed by atoms with Crippen LogP contribution in [0.3, 0.4) is 0 Å². The zero-order valence-corrected chi connectivity index (χ0v) is 32.3. The Kier molecular flexibility index (Phi) is 7.51. The van der Waals surface area contributed by atoms with Crippen molar-refractivity contribution in [3.8, 4) is 27.9 Å². The average Bonchev–Trinajstić information content (AvgIpc) is 3.96. The number of furan rings is 1. The molecule has 1 atom stereocenters. The van der Waals surface area contributed by atoms with Gasteiger partial charge in [-0.25, -0.2) is 0 Å². The van der Waals surface area contributed by atoms with Gasteiger partial charge in [-0.15, -0.1) is 11.3 Å². The zero-order valence-electron chi connectivity index (χ0n) is 31.5. The van der Waals surface area contributed by atoms with Crippen molar-refractivity contribution in [3.05, 3.63) is 223 Å². The maximum Gasteiger partial charge on any atom is 0.135 e. The molecule has 12 aromatic rings. The zero-order chi connectivity index (χ0) is 38.2. The van der Waals surface area contributed by atoms with Crippen molar-refractivity contribution in [3.63, 3.8) is 0 Å². The Labute approximate surface area is 339 Å². The summed E-state index contributed by atoms with van der Waals surface area (Å²) in [5.41, 5.74) is 13.9. The summed E-state index contributed by atoms with van der Waals surface area (Å²) >= 11 is 1.86. The van der Waals surface area contributed by atoms with Gasteiger partial charge in [-0.2, -0.15) is 0 Å². The summed E-state index contributed by atoms with van der Waals surface area (Å²) in [7, 11) is 0.